The van der Waals surface area contributed by atoms with E-state index in [2.05, 4.69) is 16.0 Å². The number of hydrogen-bond donors (Lipinski definition) is 4. The third-order valence-corrected chi connectivity index (χ3v) is 11.2. The Labute approximate surface area is 317 Å². The second kappa shape index (κ2) is 20.8. The zero-order valence-corrected chi connectivity index (χ0v) is 34.1. The first-order valence-electron chi connectivity index (χ1n) is 19.1. The number of benzene rings is 1. The van der Waals surface area contributed by atoms with E-state index >= 15 is 0 Å². The van der Waals surface area contributed by atoms with E-state index in [1.54, 1.807) is 30.8 Å². The Bertz CT molecular complexity index is 1360. The molecule has 13 heteroatoms. The van der Waals surface area contributed by atoms with Crippen molar-refractivity contribution in [1.82, 2.24) is 25.8 Å². The highest BCUT2D eigenvalue weighted by atomic mass is 16.5. The van der Waals surface area contributed by atoms with Gasteiger partial charge in [0.15, 0.2) is 0 Å². The molecule has 0 unspecified atom stereocenters. The van der Waals surface area contributed by atoms with Crippen LogP contribution in [-0.4, -0.2) is 121 Å². The van der Waals surface area contributed by atoms with Gasteiger partial charge < -0.3 is 40.3 Å². The number of carbonyl (C=O) groups is 5. The first-order chi connectivity index (χ1) is 24.9. The van der Waals surface area contributed by atoms with Crippen LogP contribution in [0.3, 0.4) is 0 Å². The molecule has 300 valence electrons. The molecular formula is C40H67N5O8. The van der Waals surface area contributed by atoms with Crippen molar-refractivity contribution in [2.75, 3.05) is 34.9 Å². The van der Waals surface area contributed by atoms with Gasteiger partial charge in [0.2, 0.25) is 23.6 Å². The van der Waals surface area contributed by atoms with Crippen LogP contribution in [-0.2, 0) is 39.9 Å². The number of ether oxygens (including phenoxy) is 2. The highest BCUT2D eigenvalue weighted by Crippen LogP contribution is 2.38. The van der Waals surface area contributed by atoms with Gasteiger partial charge in [-0.1, -0.05) is 85.2 Å². The summed E-state index contributed by atoms with van der Waals surface area (Å²) < 4.78 is 12.0. The van der Waals surface area contributed by atoms with Gasteiger partial charge in [0.25, 0.3) is 0 Å². The molecule has 1 aliphatic heterocycles. The van der Waals surface area contributed by atoms with Gasteiger partial charge in [0.05, 0.1) is 42.2 Å². The van der Waals surface area contributed by atoms with Crippen LogP contribution in [0.15, 0.2) is 30.3 Å². The molecule has 4 amide bonds. The summed E-state index contributed by atoms with van der Waals surface area (Å²) >= 11 is 0. The highest BCUT2D eigenvalue weighted by Gasteiger charge is 2.50. The van der Waals surface area contributed by atoms with E-state index in [0.717, 1.165) is 5.56 Å². The number of nitrogens with one attached hydrogen (secondary N) is 3. The number of rotatable bonds is 21. The molecule has 0 aromatic heterocycles. The van der Waals surface area contributed by atoms with E-state index in [1.807, 2.05) is 78.8 Å². The van der Waals surface area contributed by atoms with Crippen molar-refractivity contribution in [2.24, 2.45) is 23.7 Å². The van der Waals surface area contributed by atoms with Gasteiger partial charge in [-0.3, -0.25) is 19.2 Å². The zero-order chi connectivity index (χ0) is 40.2. The summed E-state index contributed by atoms with van der Waals surface area (Å²) in [7, 11) is 6.47. The molecule has 0 spiro atoms. The molecule has 1 fully saturated rings. The van der Waals surface area contributed by atoms with Crippen molar-refractivity contribution >= 4 is 29.6 Å². The molecule has 1 aromatic rings. The molecule has 2 rings (SSSR count). The van der Waals surface area contributed by atoms with Gasteiger partial charge in [-0.25, -0.2) is 4.79 Å². The number of methoxy groups -OCH3 is 2. The number of carboxylic acid groups (broad SMARTS) is 1. The summed E-state index contributed by atoms with van der Waals surface area (Å²) in [4.78, 5) is 70.8. The lowest BCUT2D eigenvalue weighted by atomic mass is 9.82. The molecule has 4 N–H and O–H groups in total. The normalized spacial score (nSPS) is 20.5. The third kappa shape index (κ3) is 11.5. The van der Waals surface area contributed by atoms with E-state index in [-0.39, 0.29) is 48.3 Å². The molecule has 1 aromatic carbocycles. The maximum absolute atomic E-state index is 14.3. The van der Waals surface area contributed by atoms with Crippen molar-refractivity contribution in [3.05, 3.63) is 35.9 Å². The topological polar surface area (TPSA) is 167 Å². The van der Waals surface area contributed by atoms with Crippen molar-refractivity contribution in [3.63, 3.8) is 0 Å². The van der Waals surface area contributed by atoms with E-state index < -0.39 is 59.7 Å². The lowest BCUT2D eigenvalue weighted by molar-refractivity contribution is -0.153. The predicted molar refractivity (Wildman–Crippen MR) is 205 cm³/mol. The fourth-order valence-corrected chi connectivity index (χ4v) is 7.93. The summed E-state index contributed by atoms with van der Waals surface area (Å²) in [5.41, 5.74) is -0.0932. The Balaban J connectivity index is 2.32. The Morgan fingerprint density at radius 3 is 2.02 bits per heavy atom. The zero-order valence-electron chi connectivity index (χ0n) is 34.1. The van der Waals surface area contributed by atoms with Gasteiger partial charge in [-0.05, 0) is 50.1 Å². The van der Waals surface area contributed by atoms with Crippen LogP contribution < -0.4 is 16.0 Å². The van der Waals surface area contributed by atoms with Crippen LogP contribution in [0.1, 0.15) is 86.6 Å². The fraction of sp³-hybridized carbons (Fsp3) is 0.725. The molecule has 1 saturated heterocycles. The summed E-state index contributed by atoms with van der Waals surface area (Å²) in [6, 6.07) is 6.23. The second-order valence-electron chi connectivity index (χ2n) is 15.6. The Hall–Kier alpha value is -3.55. The molecular weight excluding hydrogens is 678 g/mol. The van der Waals surface area contributed by atoms with E-state index in [0.29, 0.717) is 25.8 Å². The van der Waals surface area contributed by atoms with Crippen LogP contribution in [0.5, 0.6) is 0 Å². The Morgan fingerprint density at radius 2 is 1.53 bits per heavy atom. The third-order valence-electron chi connectivity index (χ3n) is 11.2. The maximum atomic E-state index is 14.3. The number of carbonyl (C=O) groups excluding carboxylic acids is 4. The standard InChI is InChI=1S/C40H67N5O8/c1-13-26(6)34(44(10)38(49)33(25(4)5)43-37(48)32(41-9)24(2)3)30(52-11)23-31(46)45-21-17-20-40(45,8)35(53-12)27(7)36(47)42-29(39(50)51)22-28-18-15-14-16-19-28/h14-16,18-19,24-27,29-30,32-35,41H,13,17,20-23H2,1-12H3,(H,42,47)(H,43,48)(H,50,51)/t26-,27+,29-,30+,32-,33-,34-,35+,40-/m0/s1. The van der Waals surface area contributed by atoms with Crippen LogP contribution >= 0.6 is 0 Å². The summed E-state index contributed by atoms with van der Waals surface area (Å²) in [5, 5.41) is 18.6. The number of likely N-dealkylation sites (tertiary alicyclic amines) is 1. The second-order valence-corrected chi connectivity index (χ2v) is 15.6. The van der Waals surface area contributed by atoms with E-state index in [4.69, 9.17) is 9.47 Å². The SMILES string of the molecule is CC[C@H](C)[C@@H]([C@@H](CC(=O)N1CCC[C@@]1(C)[C@H](OC)[C@@H](C)C(=O)N[C@@H](Cc1ccccc1)C(=O)O)OC)N(C)C(=O)[C@@H](NC(=O)[C@@H](NC)C(C)C)C(C)C. The van der Waals surface area contributed by atoms with Gasteiger partial charge in [-0.15, -0.1) is 0 Å². The summed E-state index contributed by atoms with van der Waals surface area (Å²) in [6.45, 7) is 15.7. The van der Waals surface area contributed by atoms with Gasteiger partial charge in [-0.2, -0.15) is 0 Å². The predicted octanol–water partition coefficient (Wildman–Crippen LogP) is 3.49. The summed E-state index contributed by atoms with van der Waals surface area (Å²) in [5.74, 6) is -3.34. The first-order valence-corrected chi connectivity index (χ1v) is 19.1. The highest BCUT2D eigenvalue weighted by molar-refractivity contribution is 5.90. The number of hydrogen-bond acceptors (Lipinski definition) is 8. The lowest BCUT2D eigenvalue weighted by Gasteiger charge is -2.44. The molecule has 0 saturated carbocycles. The maximum Gasteiger partial charge on any atom is 0.326 e. The summed E-state index contributed by atoms with van der Waals surface area (Å²) in [6.07, 6.45) is 0.668. The van der Waals surface area contributed by atoms with Gasteiger partial charge in [0.1, 0.15) is 12.1 Å². The molecule has 0 bridgehead atoms. The molecule has 9 atom stereocenters. The van der Waals surface area contributed by atoms with Crippen molar-refractivity contribution in [3.8, 4) is 0 Å². The lowest BCUT2D eigenvalue weighted by Crippen LogP contribution is -2.61. The molecule has 53 heavy (non-hydrogen) atoms. The largest absolute Gasteiger partial charge is 0.480 e. The number of nitrogens with zero attached hydrogens (tertiary/aromatic N) is 2. The average molecular weight is 746 g/mol. The molecule has 13 nitrogen and oxygen atoms in total. The van der Waals surface area contributed by atoms with Gasteiger partial charge >= 0.3 is 5.97 Å². The van der Waals surface area contributed by atoms with E-state index in [1.165, 1.54) is 14.2 Å². The monoisotopic (exact) mass is 745 g/mol. The Morgan fingerprint density at radius 1 is 0.925 bits per heavy atom. The quantitative estimate of drug-likeness (QED) is 0.147. The van der Waals surface area contributed by atoms with Crippen LogP contribution in [0.4, 0.5) is 0 Å². The first kappa shape index (κ1) is 45.6. The van der Waals surface area contributed by atoms with Crippen molar-refractivity contribution in [2.45, 2.75) is 129 Å². The van der Waals surface area contributed by atoms with Crippen LogP contribution in [0.2, 0.25) is 0 Å². The average Bonchev–Trinajstić information content (AvgIpc) is 3.51. The van der Waals surface area contributed by atoms with Gasteiger partial charge in [0, 0.05) is 34.2 Å². The number of aliphatic carboxylic acids is 1. The van der Waals surface area contributed by atoms with Crippen molar-refractivity contribution in [1.29, 1.82) is 0 Å². The fourth-order valence-electron chi connectivity index (χ4n) is 7.93. The molecule has 0 radical (unpaired) electrons. The molecule has 0 aliphatic carbocycles. The minimum absolute atomic E-state index is 0.0186. The van der Waals surface area contributed by atoms with Crippen LogP contribution in [0, 0.1) is 23.7 Å². The minimum atomic E-state index is -1.14. The molecule has 1 aliphatic rings. The number of amides is 4. The minimum Gasteiger partial charge on any atom is -0.480 e. The Kier molecular flexibility index (Phi) is 17.9. The smallest absolute Gasteiger partial charge is 0.326 e. The van der Waals surface area contributed by atoms with Crippen LogP contribution in [0.25, 0.3) is 0 Å². The number of carboxylic acids is 1. The molecule has 1 heterocycles. The van der Waals surface area contributed by atoms with E-state index in [9.17, 15) is 29.1 Å². The number of likely N-dealkylation sites (N-methyl/N-ethyl adjacent to an activating group) is 2. The van der Waals surface area contributed by atoms with Crippen molar-refractivity contribution < 1.29 is 38.6 Å².